The van der Waals surface area contributed by atoms with Crippen molar-refractivity contribution in [2.75, 3.05) is 0 Å². The number of ketones is 1. The number of hydrogen-bond donors (Lipinski definition) is 1. The molecule has 1 N–H and O–H groups in total. The summed E-state index contributed by atoms with van der Waals surface area (Å²) in [5.74, 6) is 0.542. The first-order valence-corrected chi connectivity index (χ1v) is 4.60. The lowest BCUT2D eigenvalue weighted by Gasteiger charge is -2.04. The van der Waals surface area contributed by atoms with Crippen molar-refractivity contribution in [3.63, 3.8) is 0 Å². The fraction of sp³-hybridized carbons (Fsp3) is 0.364. The molecule has 0 heterocycles. The Labute approximate surface area is 77.2 Å². The molecule has 0 fully saturated rings. The third kappa shape index (κ3) is 1.22. The monoisotopic (exact) mass is 176 g/mol. The first kappa shape index (κ1) is 8.30. The number of benzene rings is 1. The van der Waals surface area contributed by atoms with Gasteiger partial charge in [-0.15, -0.1) is 0 Å². The van der Waals surface area contributed by atoms with Gasteiger partial charge in [-0.2, -0.15) is 0 Å². The Balaban J connectivity index is 2.57. The van der Waals surface area contributed by atoms with Crippen molar-refractivity contribution in [2.24, 2.45) is 0 Å². The van der Waals surface area contributed by atoms with Gasteiger partial charge in [-0.3, -0.25) is 4.79 Å². The van der Waals surface area contributed by atoms with E-state index in [1.807, 2.05) is 13.0 Å². The van der Waals surface area contributed by atoms with Crippen molar-refractivity contribution >= 4 is 5.78 Å². The molecule has 0 saturated carbocycles. The van der Waals surface area contributed by atoms with Gasteiger partial charge >= 0.3 is 0 Å². The molecule has 0 spiro atoms. The number of aryl methyl sites for hydroxylation is 2. The fourth-order valence-corrected chi connectivity index (χ4v) is 1.81. The molecule has 2 rings (SSSR count). The lowest BCUT2D eigenvalue weighted by Crippen LogP contribution is -1.93. The van der Waals surface area contributed by atoms with Crippen LogP contribution in [0.1, 0.15) is 34.8 Å². The van der Waals surface area contributed by atoms with E-state index < -0.39 is 0 Å². The minimum Gasteiger partial charge on any atom is -0.508 e. The largest absolute Gasteiger partial charge is 0.508 e. The van der Waals surface area contributed by atoms with E-state index in [0.29, 0.717) is 12.2 Å². The second-order valence-electron chi connectivity index (χ2n) is 3.41. The maximum atomic E-state index is 11.4. The third-order valence-electron chi connectivity index (χ3n) is 2.61. The molecule has 0 aliphatic heterocycles. The van der Waals surface area contributed by atoms with E-state index in [-0.39, 0.29) is 5.78 Å². The minimum atomic E-state index is 0.213. The van der Waals surface area contributed by atoms with Gasteiger partial charge in [-0.1, -0.05) is 6.92 Å². The standard InChI is InChI=1S/C11H12O2/c1-2-7-5-9-8(6-11(7)13)3-4-10(9)12/h5-6,13H,2-4H2,1H3. The quantitative estimate of drug-likeness (QED) is 0.711. The van der Waals surface area contributed by atoms with Gasteiger partial charge in [-0.05, 0) is 36.1 Å². The van der Waals surface area contributed by atoms with Crippen LogP contribution in [0.3, 0.4) is 0 Å². The third-order valence-corrected chi connectivity index (χ3v) is 2.61. The molecular weight excluding hydrogens is 164 g/mol. The summed E-state index contributed by atoms with van der Waals surface area (Å²) in [6, 6.07) is 3.57. The fourth-order valence-electron chi connectivity index (χ4n) is 1.81. The van der Waals surface area contributed by atoms with Crippen LogP contribution >= 0.6 is 0 Å². The van der Waals surface area contributed by atoms with Gasteiger partial charge in [-0.25, -0.2) is 0 Å². The first-order chi connectivity index (χ1) is 6.22. The highest BCUT2D eigenvalue weighted by atomic mass is 16.3. The summed E-state index contributed by atoms with van der Waals surface area (Å²) in [5.41, 5.74) is 2.68. The molecule has 1 aromatic carbocycles. The number of Topliss-reactive ketones (excluding diaryl/α,β-unsaturated/α-hetero) is 1. The lowest BCUT2D eigenvalue weighted by molar-refractivity contribution is 0.0994. The molecule has 0 saturated heterocycles. The summed E-state index contributed by atoms with van der Waals surface area (Å²) in [7, 11) is 0. The van der Waals surface area contributed by atoms with Crippen LogP contribution in [-0.2, 0) is 12.8 Å². The number of carbonyl (C=O) groups excluding carboxylic acids is 1. The second-order valence-corrected chi connectivity index (χ2v) is 3.41. The molecule has 13 heavy (non-hydrogen) atoms. The smallest absolute Gasteiger partial charge is 0.163 e. The molecule has 1 aromatic rings. The van der Waals surface area contributed by atoms with Crippen LogP contribution in [0.5, 0.6) is 5.75 Å². The molecule has 1 aliphatic rings. The van der Waals surface area contributed by atoms with Crippen LogP contribution in [0, 0.1) is 0 Å². The number of aromatic hydroxyl groups is 1. The summed E-state index contributed by atoms with van der Waals surface area (Å²) in [5, 5.41) is 9.55. The number of fused-ring (bicyclic) bond motifs is 1. The van der Waals surface area contributed by atoms with E-state index in [4.69, 9.17) is 0 Å². The normalized spacial score (nSPS) is 14.7. The molecule has 68 valence electrons. The predicted octanol–water partition coefficient (Wildman–Crippen LogP) is 2.08. The molecule has 2 nitrogen and oxygen atoms in total. The Morgan fingerprint density at radius 3 is 2.85 bits per heavy atom. The molecule has 0 aromatic heterocycles. The molecular formula is C11H12O2. The van der Waals surface area contributed by atoms with Crippen molar-refractivity contribution in [1.82, 2.24) is 0 Å². The summed E-state index contributed by atoms with van der Waals surface area (Å²) < 4.78 is 0. The average Bonchev–Trinajstić information content (AvgIpc) is 2.46. The van der Waals surface area contributed by atoms with Crippen LogP contribution in [-0.4, -0.2) is 10.9 Å². The summed E-state index contributed by atoms with van der Waals surface area (Å²) in [6.45, 7) is 1.97. The van der Waals surface area contributed by atoms with Gasteiger partial charge in [0.05, 0.1) is 0 Å². The number of phenols is 1. The van der Waals surface area contributed by atoms with Crippen LogP contribution in [0.4, 0.5) is 0 Å². The number of rotatable bonds is 1. The minimum absolute atomic E-state index is 0.213. The van der Waals surface area contributed by atoms with Crippen molar-refractivity contribution in [1.29, 1.82) is 0 Å². The van der Waals surface area contributed by atoms with E-state index in [1.165, 1.54) is 0 Å². The number of phenolic OH excluding ortho intramolecular Hbond substituents is 1. The van der Waals surface area contributed by atoms with E-state index in [0.717, 1.165) is 29.5 Å². The molecule has 0 bridgehead atoms. The molecule has 2 heteroatoms. The van der Waals surface area contributed by atoms with Crippen molar-refractivity contribution in [2.45, 2.75) is 26.2 Å². The van der Waals surface area contributed by atoms with Gasteiger partial charge in [0.2, 0.25) is 0 Å². The molecule has 0 amide bonds. The maximum absolute atomic E-state index is 11.4. The SMILES string of the molecule is CCc1cc2c(cc1O)CCC2=O. The van der Waals surface area contributed by atoms with Gasteiger partial charge in [0.1, 0.15) is 5.75 Å². The number of hydrogen-bond acceptors (Lipinski definition) is 2. The average molecular weight is 176 g/mol. The molecule has 1 aliphatic carbocycles. The van der Waals surface area contributed by atoms with Crippen molar-refractivity contribution < 1.29 is 9.90 Å². The Hall–Kier alpha value is -1.31. The zero-order chi connectivity index (χ0) is 9.42. The van der Waals surface area contributed by atoms with Crippen LogP contribution in [0.25, 0.3) is 0 Å². The van der Waals surface area contributed by atoms with E-state index >= 15 is 0 Å². The Morgan fingerprint density at radius 2 is 2.15 bits per heavy atom. The predicted molar refractivity (Wildman–Crippen MR) is 50.1 cm³/mol. The van der Waals surface area contributed by atoms with E-state index in [1.54, 1.807) is 6.07 Å². The summed E-state index contributed by atoms with van der Waals surface area (Å²) >= 11 is 0. The molecule has 0 unspecified atom stereocenters. The van der Waals surface area contributed by atoms with Gasteiger partial charge in [0, 0.05) is 12.0 Å². The van der Waals surface area contributed by atoms with E-state index in [9.17, 15) is 9.90 Å². The Bertz CT molecular complexity index is 367. The topological polar surface area (TPSA) is 37.3 Å². The van der Waals surface area contributed by atoms with Crippen LogP contribution in [0.2, 0.25) is 0 Å². The van der Waals surface area contributed by atoms with Gasteiger partial charge < -0.3 is 5.11 Å². The Morgan fingerprint density at radius 1 is 1.38 bits per heavy atom. The second kappa shape index (κ2) is 2.87. The van der Waals surface area contributed by atoms with Crippen LogP contribution < -0.4 is 0 Å². The van der Waals surface area contributed by atoms with Crippen molar-refractivity contribution in [3.8, 4) is 5.75 Å². The highest BCUT2D eigenvalue weighted by Crippen LogP contribution is 2.29. The highest BCUT2D eigenvalue weighted by Gasteiger charge is 2.20. The van der Waals surface area contributed by atoms with E-state index in [2.05, 4.69) is 0 Å². The lowest BCUT2D eigenvalue weighted by atomic mass is 10.0. The highest BCUT2D eigenvalue weighted by molar-refractivity contribution is 6.00. The molecule has 0 atom stereocenters. The first-order valence-electron chi connectivity index (χ1n) is 4.60. The maximum Gasteiger partial charge on any atom is 0.163 e. The molecule has 0 radical (unpaired) electrons. The van der Waals surface area contributed by atoms with Crippen LogP contribution in [0.15, 0.2) is 12.1 Å². The van der Waals surface area contributed by atoms with Gasteiger partial charge in [0.25, 0.3) is 0 Å². The number of carbonyl (C=O) groups is 1. The zero-order valence-electron chi connectivity index (χ0n) is 7.63. The van der Waals surface area contributed by atoms with Gasteiger partial charge in [0.15, 0.2) is 5.78 Å². The van der Waals surface area contributed by atoms with Crippen molar-refractivity contribution in [3.05, 3.63) is 28.8 Å². The summed E-state index contributed by atoms with van der Waals surface area (Å²) in [4.78, 5) is 11.4. The zero-order valence-corrected chi connectivity index (χ0v) is 7.63. The summed E-state index contributed by atoms with van der Waals surface area (Å²) in [6.07, 6.45) is 2.15. The Kier molecular flexibility index (Phi) is 1.83.